The molecule has 1 fully saturated rings. The van der Waals surface area contributed by atoms with Crippen molar-refractivity contribution in [1.29, 1.82) is 0 Å². The lowest BCUT2D eigenvalue weighted by Crippen LogP contribution is -2.53. The summed E-state index contributed by atoms with van der Waals surface area (Å²) in [5.74, 6) is 0.219. The highest BCUT2D eigenvalue weighted by atomic mass is 16.5. The van der Waals surface area contributed by atoms with E-state index in [2.05, 4.69) is 10.1 Å². The quantitative estimate of drug-likeness (QED) is 0.248. The van der Waals surface area contributed by atoms with Gasteiger partial charge in [0.2, 0.25) is 0 Å². The number of morpholine rings is 1. The minimum atomic E-state index is -0.167. The Balaban J connectivity index is 2.60. The zero-order valence-electron chi connectivity index (χ0n) is 8.96. The average Bonchev–Trinajstić information content (AvgIpc) is 2.30. The Labute approximate surface area is 89.3 Å². The van der Waals surface area contributed by atoms with Crippen molar-refractivity contribution in [3.8, 4) is 0 Å². The van der Waals surface area contributed by atoms with Crippen molar-refractivity contribution in [2.24, 2.45) is 10.9 Å². The minimum absolute atomic E-state index is 0.00308. The van der Waals surface area contributed by atoms with Gasteiger partial charge < -0.3 is 20.8 Å². The predicted octanol–water partition coefficient (Wildman–Crippen LogP) is -0.795. The van der Waals surface area contributed by atoms with E-state index in [4.69, 9.17) is 20.8 Å². The zero-order valence-corrected chi connectivity index (χ0v) is 8.96. The summed E-state index contributed by atoms with van der Waals surface area (Å²) in [6.45, 7) is 3.91. The van der Waals surface area contributed by atoms with Crippen LogP contribution in [-0.4, -0.2) is 59.5 Å². The molecule has 88 valence electrons. The van der Waals surface area contributed by atoms with Crippen molar-refractivity contribution in [3.63, 3.8) is 0 Å². The van der Waals surface area contributed by atoms with Gasteiger partial charge in [0.05, 0.1) is 25.4 Å². The van der Waals surface area contributed by atoms with Crippen LogP contribution in [0.3, 0.4) is 0 Å². The largest absolute Gasteiger partial charge is 0.409 e. The minimum Gasteiger partial charge on any atom is -0.409 e. The summed E-state index contributed by atoms with van der Waals surface area (Å²) in [5, 5.41) is 20.7. The second-order valence-corrected chi connectivity index (χ2v) is 3.62. The van der Waals surface area contributed by atoms with E-state index in [0.717, 1.165) is 13.0 Å². The predicted molar refractivity (Wildman–Crippen MR) is 55.9 cm³/mol. The molecule has 1 rings (SSSR count). The number of aliphatic hydroxyl groups is 1. The number of oxime groups is 1. The van der Waals surface area contributed by atoms with Gasteiger partial charge in [-0.3, -0.25) is 4.90 Å². The van der Waals surface area contributed by atoms with Gasteiger partial charge in [-0.15, -0.1) is 0 Å². The Kier molecular flexibility index (Phi) is 4.80. The maximum absolute atomic E-state index is 9.00. The number of aliphatic hydroxyl groups excluding tert-OH is 1. The highest BCUT2D eigenvalue weighted by molar-refractivity contribution is 5.85. The number of rotatable bonds is 4. The molecule has 1 aliphatic heterocycles. The molecule has 2 unspecified atom stereocenters. The zero-order chi connectivity index (χ0) is 11.3. The first-order valence-electron chi connectivity index (χ1n) is 5.16. The second kappa shape index (κ2) is 5.89. The SMILES string of the molecule is CCC(C(N)=NO)N1CCOC(CO)C1. The molecule has 0 bridgehead atoms. The fraction of sp³-hybridized carbons (Fsp3) is 0.889. The molecule has 15 heavy (non-hydrogen) atoms. The number of ether oxygens (including phenoxy) is 1. The van der Waals surface area contributed by atoms with Gasteiger partial charge in [0.1, 0.15) is 0 Å². The van der Waals surface area contributed by atoms with Gasteiger partial charge in [-0.05, 0) is 6.42 Å². The molecule has 0 aromatic rings. The lowest BCUT2D eigenvalue weighted by Gasteiger charge is -2.36. The molecule has 1 heterocycles. The first kappa shape index (κ1) is 12.2. The molecule has 6 nitrogen and oxygen atoms in total. The topological polar surface area (TPSA) is 91.3 Å². The maximum Gasteiger partial charge on any atom is 0.156 e. The first-order chi connectivity index (χ1) is 7.22. The molecule has 0 aliphatic carbocycles. The summed E-state index contributed by atoms with van der Waals surface area (Å²) in [7, 11) is 0. The van der Waals surface area contributed by atoms with Gasteiger partial charge in [0, 0.05) is 13.1 Å². The van der Waals surface area contributed by atoms with Crippen LogP contribution >= 0.6 is 0 Å². The monoisotopic (exact) mass is 217 g/mol. The van der Waals surface area contributed by atoms with E-state index in [1.165, 1.54) is 0 Å². The lowest BCUT2D eigenvalue weighted by atomic mass is 10.1. The van der Waals surface area contributed by atoms with E-state index in [1.54, 1.807) is 0 Å². The van der Waals surface area contributed by atoms with Gasteiger partial charge in [-0.1, -0.05) is 12.1 Å². The van der Waals surface area contributed by atoms with Gasteiger partial charge in [0.15, 0.2) is 5.84 Å². The molecule has 4 N–H and O–H groups in total. The van der Waals surface area contributed by atoms with Crippen molar-refractivity contribution in [2.45, 2.75) is 25.5 Å². The van der Waals surface area contributed by atoms with Crippen molar-refractivity contribution < 1.29 is 15.1 Å². The van der Waals surface area contributed by atoms with Crippen LogP contribution in [0.1, 0.15) is 13.3 Å². The molecule has 0 aromatic heterocycles. The first-order valence-corrected chi connectivity index (χ1v) is 5.16. The van der Waals surface area contributed by atoms with Gasteiger partial charge in [-0.25, -0.2) is 0 Å². The summed E-state index contributed by atoms with van der Waals surface area (Å²) >= 11 is 0. The van der Waals surface area contributed by atoms with Crippen molar-refractivity contribution in [2.75, 3.05) is 26.3 Å². The van der Waals surface area contributed by atoms with Gasteiger partial charge in [-0.2, -0.15) is 0 Å². The van der Waals surface area contributed by atoms with Crippen LogP contribution in [-0.2, 0) is 4.74 Å². The Morgan fingerprint density at radius 1 is 1.73 bits per heavy atom. The Morgan fingerprint density at radius 2 is 2.47 bits per heavy atom. The van der Waals surface area contributed by atoms with Crippen molar-refractivity contribution in [3.05, 3.63) is 0 Å². The molecular weight excluding hydrogens is 198 g/mol. The molecule has 0 amide bonds. The van der Waals surface area contributed by atoms with Crippen molar-refractivity contribution in [1.82, 2.24) is 4.90 Å². The van der Waals surface area contributed by atoms with E-state index < -0.39 is 0 Å². The molecule has 0 aromatic carbocycles. The molecule has 2 atom stereocenters. The van der Waals surface area contributed by atoms with Crippen LogP contribution in [0.15, 0.2) is 5.16 Å². The van der Waals surface area contributed by atoms with Crippen LogP contribution < -0.4 is 5.73 Å². The smallest absolute Gasteiger partial charge is 0.156 e. The van der Waals surface area contributed by atoms with Crippen LogP contribution in [0.2, 0.25) is 0 Å². The van der Waals surface area contributed by atoms with Crippen LogP contribution in [0.4, 0.5) is 0 Å². The summed E-state index contributed by atoms with van der Waals surface area (Å²) in [6, 6.07) is -0.0760. The van der Waals surface area contributed by atoms with E-state index in [0.29, 0.717) is 13.2 Å². The summed E-state index contributed by atoms with van der Waals surface area (Å²) in [5.41, 5.74) is 5.60. The standard InChI is InChI=1S/C9H19N3O3/c1-2-8(9(10)11-14)12-3-4-15-7(5-12)6-13/h7-8,13-14H,2-6H2,1H3,(H2,10,11). The third-order valence-corrected chi connectivity index (χ3v) is 2.66. The number of amidine groups is 1. The fourth-order valence-electron chi connectivity index (χ4n) is 1.86. The number of hydrogen-bond donors (Lipinski definition) is 3. The molecule has 1 saturated heterocycles. The molecular formula is C9H19N3O3. The third kappa shape index (κ3) is 3.05. The Morgan fingerprint density at radius 3 is 3.00 bits per heavy atom. The Bertz CT molecular complexity index is 223. The number of nitrogens with two attached hydrogens (primary N) is 1. The summed E-state index contributed by atoms with van der Waals surface area (Å²) in [6.07, 6.45) is 0.605. The maximum atomic E-state index is 9.00. The molecule has 0 radical (unpaired) electrons. The number of nitrogens with zero attached hydrogens (tertiary/aromatic N) is 2. The highest BCUT2D eigenvalue weighted by Gasteiger charge is 2.27. The average molecular weight is 217 g/mol. The van der Waals surface area contributed by atoms with Gasteiger partial charge >= 0.3 is 0 Å². The van der Waals surface area contributed by atoms with E-state index in [-0.39, 0.29) is 24.6 Å². The molecule has 1 aliphatic rings. The van der Waals surface area contributed by atoms with Crippen molar-refractivity contribution >= 4 is 5.84 Å². The Hall–Kier alpha value is -0.850. The number of hydrogen-bond acceptors (Lipinski definition) is 5. The van der Waals surface area contributed by atoms with E-state index in [9.17, 15) is 0 Å². The van der Waals surface area contributed by atoms with Crippen LogP contribution in [0.25, 0.3) is 0 Å². The van der Waals surface area contributed by atoms with E-state index in [1.807, 2.05) is 6.92 Å². The normalized spacial score (nSPS) is 26.5. The summed E-state index contributed by atoms with van der Waals surface area (Å²) in [4.78, 5) is 2.07. The second-order valence-electron chi connectivity index (χ2n) is 3.62. The van der Waals surface area contributed by atoms with Crippen LogP contribution in [0, 0.1) is 0 Å². The highest BCUT2D eigenvalue weighted by Crippen LogP contribution is 2.11. The van der Waals surface area contributed by atoms with E-state index >= 15 is 0 Å². The third-order valence-electron chi connectivity index (χ3n) is 2.66. The molecule has 0 spiro atoms. The summed E-state index contributed by atoms with van der Waals surface area (Å²) < 4.78 is 5.33. The molecule has 6 heteroatoms. The van der Waals surface area contributed by atoms with Crippen LogP contribution in [0.5, 0.6) is 0 Å². The van der Waals surface area contributed by atoms with Gasteiger partial charge in [0.25, 0.3) is 0 Å². The fourth-order valence-corrected chi connectivity index (χ4v) is 1.86. The lowest BCUT2D eigenvalue weighted by molar-refractivity contribution is -0.0584. The molecule has 0 saturated carbocycles.